The molecule has 0 aliphatic heterocycles. The van der Waals surface area contributed by atoms with Gasteiger partial charge in [-0.25, -0.2) is 4.98 Å². The minimum atomic E-state index is -0.161. The predicted octanol–water partition coefficient (Wildman–Crippen LogP) is 4.13. The van der Waals surface area contributed by atoms with E-state index >= 15 is 0 Å². The zero-order chi connectivity index (χ0) is 17.8. The third-order valence-corrected chi connectivity index (χ3v) is 5.88. The lowest BCUT2D eigenvalue weighted by Gasteiger charge is -2.09. The number of thiazole rings is 1. The van der Waals surface area contributed by atoms with E-state index in [2.05, 4.69) is 16.4 Å². The van der Waals surface area contributed by atoms with Gasteiger partial charge in [0.15, 0.2) is 11.5 Å². The largest absolute Gasteiger partial charge is 0.493 e. The summed E-state index contributed by atoms with van der Waals surface area (Å²) in [4.78, 5) is 19.2. The van der Waals surface area contributed by atoms with Crippen LogP contribution in [0.25, 0.3) is 9.88 Å². The van der Waals surface area contributed by atoms with E-state index in [0.717, 1.165) is 20.5 Å². The van der Waals surface area contributed by atoms with Crippen LogP contribution in [0, 0.1) is 6.92 Å². The Morgan fingerprint density at radius 1 is 1.20 bits per heavy atom. The van der Waals surface area contributed by atoms with Crippen molar-refractivity contribution in [1.29, 1.82) is 0 Å². The molecule has 0 fully saturated rings. The van der Waals surface area contributed by atoms with E-state index in [4.69, 9.17) is 9.47 Å². The Morgan fingerprint density at radius 3 is 2.68 bits per heavy atom. The van der Waals surface area contributed by atoms with E-state index in [9.17, 15) is 4.79 Å². The summed E-state index contributed by atoms with van der Waals surface area (Å²) in [6, 6.07) is 9.17. The van der Waals surface area contributed by atoms with Gasteiger partial charge in [0, 0.05) is 10.4 Å². The van der Waals surface area contributed by atoms with Gasteiger partial charge in [-0.2, -0.15) is 0 Å². The van der Waals surface area contributed by atoms with Crippen LogP contribution in [-0.4, -0.2) is 25.1 Å². The van der Waals surface area contributed by atoms with Gasteiger partial charge < -0.3 is 14.8 Å². The molecule has 1 N–H and O–H groups in total. The molecule has 0 saturated carbocycles. The minimum absolute atomic E-state index is 0.161. The second-order valence-electron chi connectivity index (χ2n) is 5.26. The van der Waals surface area contributed by atoms with Crippen LogP contribution in [0.5, 0.6) is 11.5 Å². The molecular weight excluding hydrogens is 356 g/mol. The third kappa shape index (κ3) is 3.83. The second-order valence-corrected chi connectivity index (χ2v) is 7.29. The fraction of sp³-hybridized carbons (Fsp3) is 0.222. The van der Waals surface area contributed by atoms with Crippen molar-refractivity contribution in [3.05, 3.63) is 51.8 Å². The van der Waals surface area contributed by atoms with Gasteiger partial charge in [-0.1, -0.05) is 6.07 Å². The zero-order valence-electron chi connectivity index (χ0n) is 14.2. The summed E-state index contributed by atoms with van der Waals surface area (Å²) in [7, 11) is 3.11. The lowest BCUT2D eigenvalue weighted by Crippen LogP contribution is -2.22. The molecule has 3 aromatic rings. The Kier molecular flexibility index (Phi) is 5.35. The lowest BCUT2D eigenvalue weighted by atomic mass is 10.2. The topological polar surface area (TPSA) is 60.5 Å². The molecule has 0 atom stereocenters. The van der Waals surface area contributed by atoms with Crippen LogP contribution in [0.4, 0.5) is 0 Å². The number of amides is 1. The number of nitrogens with zero attached hydrogens (tertiary/aromatic N) is 1. The summed E-state index contributed by atoms with van der Waals surface area (Å²) in [5.41, 5.74) is 1.47. The van der Waals surface area contributed by atoms with E-state index in [-0.39, 0.29) is 5.91 Å². The van der Waals surface area contributed by atoms with Crippen LogP contribution < -0.4 is 14.8 Å². The molecule has 1 aromatic carbocycles. The first kappa shape index (κ1) is 17.4. The van der Waals surface area contributed by atoms with Gasteiger partial charge in [0.05, 0.1) is 31.3 Å². The summed E-state index contributed by atoms with van der Waals surface area (Å²) in [6.07, 6.45) is 0. The number of methoxy groups -OCH3 is 2. The van der Waals surface area contributed by atoms with Crippen molar-refractivity contribution in [2.75, 3.05) is 14.2 Å². The number of hydrogen-bond donors (Lipinski definition) is 1. The highest BCUT2D eigenvalue weighted by atomic mass is 32.1. The number of hydrogen-bond acceptors (Lipinski definition) is 6. The highest BCUT2D eigenvalue weighted by Gasteiger charge is 2.13. The standard InChI is InChI=1S/C18H18N2O3S2/c1-11-16(25-18(20-11)15-5-4-8-24-15)10-19-17(21)12-6-7-13(22-2)14(9-12)23-3/h4-9H,10H2,1-3H3,(H,19,21). The first-order valence-electron chi connectivity index (χ1n) is 7.62. The Hall–Kier alpha value is -2.38. The van der Waals surface area contributed by atoms with Gasteiger partial charge in [0.25, 0.3) is 5.91 Å². The van der Waals surface area contributed by atoms with Gasteiger partial charge in [0.1, 0.15) is 5.01 Å². The molecule has 130 valence electrons. The summed E-state index contributed by atoms with van der Waals surface area (Å²) in [5.74, 6) is 0.966. The summed E-state index contributed by atoms with van der Waals surface area (Å²) in [6.45, 7) is 2.41. The SMILES string of the molecule is COc1ccc(C(=O)NCc2sc(-c3cccs3)nc2C)cc1OC. The molecular formula is C18H18N2O3S2. The Balaban J connectivity index is 1.70. The smallest absolute Gasteiger partial charge is 0.251 e. The molecule has 3 rings (SSSR count). The summed E-state index contributed by atoms with van der Waals surface area (Å²) < 4.78 is 10.4. The number of carbonyl (C=O) groups is 1. The molecule has 2 aromatic heterocycles. The average molecular weight is 374 g/mol. The number of nitrogens with one attached hydrogen (secondary N) is 1. The van der Waals surface area contributed by atoms with Gasteiger partial charge in [-0.05, 0) is 36.6 Å². The average Bonchev–Trinajstić information content (AvgIpc) is 3.28. The predicted molar refractivity (Wildman–Crippen MR) is 101 cm³/mol. The number of benzene rings is 1. The fourth-order valence-corrected chi connectivity index (χ4v) is 4.14. The number of ether oxygens (including phenoxy) is 2. The van der Waals surface area contributed by atoms with Gasteiger partial charge in [0.2, 0.25) is 0 Å². The Bertz CT molecular complexity index is 873. The Morgan fingerprint density at radius 2 is 2.00 bits per heavy atom. The van der Waals surface area contributed by atoms with E-state index in [0.29, 0.717) is 23.6 Å². The first-order valence-corrected chi connectivity index (χ1v) is 9.32. The molecule has 0 bridgehead atoms. The van der Waals surface area contributed by atoms with Crippen molar-refractivity contribution in [2.45, 2.75) is 13.5 Å². The fourth-order valence-electron chi connectivity index (χ4n) is 2.34. The van der Waals surface area contributed by atoms with E-state index in [1.54, 1.807) is 55.1 Å². The zero-order valence-corrected chi connectivity index (χ0v) is 15.8. The molecule has 0 spiro atoms. The molecule has 0 saturated heterocycles. The monoisotopic (exact) mass is 374 g/mol. The van der Waals surface area contributed by atoms with Gasteiger partial charge >= 0.3 is 0 Å². The van der Waals surface area contributed by atoms with E-state index < -0.39 is 0 Å². The van der Waals surface area contributed by atoms with Crippen molar-refractivity contribution in [3.63, 3.8) is 0 Å². The second kappa shape index (κ2) is 7.67. The van der Waals surface area contributed by atoms with Crippen LogP contribution in [0.1, 0.15) is 20.9 Å². The number of thiophene rings is 1. The molecule has 0 radical (unpaired) electrons. The molecule has 5 nitrogen and oxygen atoms in total. The third-order valence-electron chi connectivity index (χ3n) is 3.68. The number of aromatic nitrogens is 1. The number of carbonyl (C=O) groups excluding carboxylic acids is 1. The molecule has 0 aliphatic carbocycles. The number of rotatable bonds is 6. The van der Waals surface area contributed by atoms with Crippen LogP contribution >= 0.6 is 22.7 Å². The van der Waals surface area contributed by atoms with Gasteiger partial charge in [-0.3, -0.25) is 4.79 Å². The van der Waals surface area contributed by atoms with Crippen LogP contribution in [-0.2, 0) is 6.54 Å². The molecule has 1 amide bonds. The highest BCUT2D eigenvalue weighted by Crippen LogP contribution is 2.31. The normalized spacial score (nSPS) is 10.5. The van der Waals surface area contributed by atoms with Crippen LogP contribution in [0.3, 0.4) is 0 Å². The van der Waals surface area contributed by atoms with Crippen LogP contribution in [0.15, 0.2) is 35.7 Å². The quantitative estimate of drug-likeness (QED) is 0.705. The van der Waals surface area contributed by atoms with Crippen molar-refractivity contribution in [2.24, 2.45) is 0 Å². The maximum Gasteiger partial charge on any atom is 0.251 e. The van der Waals surface area contributed by atoms with Crippen molar-refractivity contribution >= 4 is 28.6 Å². The summed E-state index contributed by atoms with van der Waals surface area (Å²) >= 11 is 3.27. The maximum atomic E-state index is 12.4. The first-order chi connectivity index (χ1) is 12.1. The van der Waals surface area contributed by atoms with Crippen molar-refractivity contribution in [3.8, 4) is 21.4 Å². The highest BCUT2D eigenvalue weighted by molar-refractivity contribution is 7.21. The van der Waals surface area contributed by atoms with Gasteiger partial charge in [-0.15, -0.1) is 22.7 Å². The molecule has 25 heavy (non-hydrogen) atoms. The Labute approximate surface area is 154 Å². The van der Waals surface area contributed by atoms with Crippen molar-refractivity contribution in [1.82, 2.24) is 10.3 Å². The van der Waals surface area contributed by atoms with Crippen LogP contribution in [0.2, 0.25) is 0 Å². The minimum Gasteiger partial charge on any atom is -0.493 e. The summed E-state index contributed by atoms with van der Waals surface area (Å²) in [5, 5.41) is 5.96. The molecule has 0 aliphatic rings. The maximum absolute atomic E-state index is 12.4. The molecule has 2 heterocycles. The lowest BCUT2D eigenvalue weighted by molar-refractivity contribution is 0.0951. The van der Waals surface area contributed by atoms with E-state index in [1.165, 1.54) is 0 Å². The number of aryl methyl sites for hydroxylation is 1. The molecule has 7 heteroatoms. The van der Waals surface area contributed by atoms with Crippen molar-refractivity contribution < 1.29 is 14.3 Å². The van der Waals surface area contributed by atoms with E-state index in [1.807, 2.05) is 18.4 Å². The molecule has 0 unspecified atom stereocenters.